The van der Waals surface area contributed by atoms with Crippen LogP contribution in [-0.2, 0) is 5.41 Å². The molecule has 0 atom stereocenters. The third-order valence-corrected chi connectivity index (χ3v) is 19.1. The van der Waals surface area contributed by atoms with Gasteiger partial charge in [0.15, 0.2) is 0 Å². The van der Waals surface area contributed by atoms with Gasteiger partial charge < -0.3 is 9.80 Å². The smallest absolute Gasteiger partial charge is 0.0468 e. The minimum absolute atomic E-state index is 0.186. The van der Waals surface area contributed by atoms with Crippen molar-refractivity contribution in [3.63, 3.8) is 0 Å². The molecular weight excluding hydrogens is 1070 g/mol. The Balaban J connectivity index is 0.893. The van der Waals surface area contributed by atoms with E-state index in [2.05, 4.69) is 315 Å². The molecule has 0 spiro atoms. The highest BCUT2D eigenvalue weighted by Crippen LogP contribution is 2.58. The third-order valence-electron chi connectivity index (χ3n) is 19.1. The summed E-state index contributed by atoms with van der Waals surface area (Å²) in [5.74, 6) is 0. The Hall–Kier alpha value is -9.76. The summed E-state index contributed by atoms with van der Waals surface area (Å²) in [6.45, 7) is 4.67. The molecule has 0 bridgehead atoms. The Morgan fingerprint density at radius 3 is 1.09 bits per heavy atom. The fourth-order valence-electron chi connectivity index (χ4n) is 14.5. The van der Waals surface area contributed by atoms with Gasteiger partial charge in [-0.15, -0.1) is 0 Å². The van der Waals surface area contributed by atoms with Gasteiger partial charge in [0.05, 0.1) is 0 Å². The van der Waals surface area contributed by atoms with Crippen LogP contribution in [0.3, 0.4) is 0 Å². The molecule has 0 N–H and O–H groups in total. The molecule has 0 saturated carbocycles. The second kappa shape index (κ2) is 25.9. The average Bonchev–Trinajstić information content (AvgIpc) is 1.57. The molecule has 1 aliphatic rings. The number of hydrogen-bond donors (Lipinski definition) is 0. The average molecular weight is 1150 g/mol. The van der Waals surface area contributed by atoms with E-state index in [9.17, 15) is 0 Å². The van der Waals surface area contributed by atoms with Crippen LogP contribution in [0.15, 0.2) is 291 Å². The van der Waals surface area contributed by atoms with E-state index >= 15 is 0 Å². The standard InChI is InChI=1S/C87H78N2/c1-3-5-7-9-21-55-87(56-22-10-8-6-4-2)85-62-81(89(79-49-42-66-30-18-20-32-74(66)60-79)77-46-39-68(40-47-77)72-36-24-34-70(58-72)64-27-15-12-16-28-64)51-54-83(85)84-52-43-75-61-80(50-53-82(75)86(84)87)88(78-48-41-65-29-17-19-31-73(65)59-78)76-44-37-67(38-45-76)71-35-23-33-69(57-71)63-25-13-11-14-26-63/h11-20,23-54,57-62H,3-10,21-22,55-56H2,1-2H3. The molecule has 0 aliphatic heterocycles. The second-order valence-corrected chi connectivity index (χ2v) is 24.8. The van der Waals surface area contributed by atoms with E-state index in [-0.39, 0.29) is 5.41 Å². The van der Waals surface area contributed by atoms with Crippen LogP contribution < -0.4 is 9.80 Å². The first-order valence-corrected chi connectivity index (χ1v) is 32.8. The Bertz CT molecular complexity index is 4570. The summed E-state index contributed by atoms with van der Waals surface area (Å²) >= 11 is 0. The highest BCUT2D eigenvalue weighted by Gasteiger charge is 2.44. The van der Waals surface area contributed by atoms with E-state index < -0.39 is 0 Å². The molecule has 0 fully saturated rings. The van der Waals surface area contributed by atoms with E-state index in [0.29, 0.717) is 0 Å². The van der Waals surface area contributed by atoms with Crippen molar-refractivity contribution >= 4 is 66.4 Å². The Morgan fingerprint density at radius 2 is 0.607 bits per heavy atom. The molecule has 14 rings (SSSR count). The van der Waals surface area contributed by atoms with Crippen LogP contribution in [-0.4, -0.2) is 0 Å². The fraction of sp³-hybridized carbons (Fsp3) is 0.172. The number of benzene rings is 13. The predicted molar refractivity (Wildman–Crippen MR) is 383 cm³/mol. The highest BCUT2D eigenvalue weighted by molar-refractivity contribution is 6.01. The van der Waals surface area contributed by atoms with Crippen molar-refractivity contribution in [1.82, 2.24) is 0 Å². The third kappa shape index (κ3) is 11.7. The molecule has 1 aliphatic carbocycles. The number of anilines is 6. The van der Waals surface area contributed by atoms with E-state index in [4.69, 9.17) is 0 Å². The summed E-state index contributed by atoms with van der Waals surface area (Å²) in [5, 5.41) is 7.59. The van der Waals surface area contributed by atoms with Crippen LogP contribution in [0.5, 0.6) is 0 Å². The predicted octanol–water partition coefficient (Wildman–Crippen LogP) is 25.7. The largest absolute Gasteiger partial charge is 0.310 e. The van der Waals surface area contributed by atoms with Crippen molar-refractivity contribution in [2.45, 2.75) is 96.3 Å². The SMILES string of the molecule is CCCCCCCC1(CCCCCCC)c2cc(N(c3ccc(-c4cccc(-c5ccccc5)c4)cc3)c3ccc4ccccc4c3)ccc2-c2ccc3cc(N(c4ccc(-c5cccc(-c6ccccc6)c5)cc4)c4ccc5ccccc5c4)ccc3c21. The minimum Gasteiger partial charge on any atom is -0.310 e. The molecule has 0 saturated heterocycles. The lowest BCUT2D eigenvalue weighted by molar-refractivity contribution is 0.401. The van der Waals surface area contributed by atoms with Crippen LogP contribution in [0.25, 0.3) is 88.0 Å². The maximum absolute atomic E-state index is 2.63. The fourth-order valence-corrected chi connectivity index (χ4v) is 14.5. The van der Waals surface area contributed by atoms with Gasteiger partial charge in [0.1, 0.15) is 0 Å². The number of nitrogens with zero attached hydrogens (tertiary/aromatic N) is 2. The van der Waals surface area contributed by atoms with Gasteiger partial charge in [-0.1, -0.05) is 284 Å². The van der Waals surface area contributed by atoms with Crippen LogP contribution in [0.1, 0.15) is 102 Å². The number of unbranched alkanes of at least 4 members (excludes halogenated alkanes) is 8. The maximum Gasteiger partial charge on any atom is 0.0468 e. The van der Waals surface area contributed by atoms with Gasteiger partial charge in [0.2, 0.25) is 0 Å². The summed E-state index contributed by atoms with van der Waals surface area (Å²) in [6.07, 6.45) is 14.7. The molecule has 13 aromatic carbocycles. The summed E-state index contributed by atoms with van der Waals surface area (Å²) in [6, 6.07) is 109. The zero-order chi connectivity index (χ0) is 59.9. The Morgan fingerprint density at radius 1 is 0.247 bits per heavy atom. The lowest BCUT2D eigenvalue weighted by atomic mass is 9.69. The van der Waals surface area contributed by atoms with Crippen molar-refractivity contribution in [3.05, 3.63) is 302 Å². The van der Waals surface area contributed by atoms with Gasteiger partial charge in [0, 0.05) is 39.5 Å². The first kappa shape index (κ1) is 57.0. The molecule has 0 amide bonds. The molecule has 2 heteroatoms. The normalized spacial score (nSPS) is 12.3. The van der Waals surface area contributed by atoms with Gasteiger partial charge >= 0.3 is 0 Å². The molecule has 2 nitrogen and oxygen atoms in total. The van der Waals surface area contributed by atoms with Crippen molar-refractivity contribution in [2.24, 2.45) is 0 Å². The summed E-state index contributed by atoms with van der Waals surface area (Å²) in [4.78, 5) is 4.99. The molecule has 0 aromatic heterocycles. The lowest BCUT2D eigenvalue weighted by Gasteiger charge is -2.35. The molecule has 436 valence electrons. The maximum atomic E-state index is 2.63. The topological polar surface area (TPSA) is 6.48 Å². The quantitative estimate of drug-likeness (QED) is 0.0624. The minimum atomic E-state index is -0.186. The van der Waals surface area contributed by atoms with Crippen LogP contribution in [0, 0.1) is 0 Å². The lowest BCUT2D eigenvalue weighted by Crippen LogP contribution is -2.26. The van der Waals surface area contributed by atoms with Crippen molar-refractivity contribution in [1.29, 1.82) is 0 Å². The second-order valence-electron chi connectivity index (χ2n) is 24.8. The Labute approximate surface area is 527 Å². The zero-order valence-electron chi connectivity index (χ0n) is 51.6. The number of fused-ring (bicyclic) bond motifs is 7. The van der Waals surface area contributed by atoms with Crippen LogP contribution in [0.4, 0.5) is 34.1 Å². The van der Waals surface area contributed by atoms with E-state index in [0.717, 1.165) is 41.3 Å². The van der Waals surface area contributed by atoms with Crippen LogP contribution in [0.2, 0.25) is 0 Å². The molecule has 13 aromatic rings. The molecule has 0 heterocycles. The van der Waals surface area contributed by atoms with Gasteiger partial charge in [-0.25, -0.2) is 0 Å². The zero-order valence-corrected chi connectivity index (χ0v) is 51.6. The summed E-state index contributed by atoms with van der Waals surface area (Å²) in [5.41, 5.74) is 22.2. The number of rotatable bonds is 22. The first-order valence-electron chi connectivity index (χ1n) is 32.8. The summed E-state index contributed by atoms with van der Waals surface area (Å²) < 4.78 is 0. The van der Waals surface area contributed by atoms with Gasteiger partial charge in [-0.3, -0.25) is 0 Å². The van der Waals surface area contributed by atoms with Gasteiger partial charge in [-0.2, -0.15) is 0 Å². The van der Waals surface area contributed by atoms with Crippen molar-refractivity contribution < 1.29 is 0 Å². The monoisotopic (exact) mass is 1150 g/mol. The molecular formula is C87H78N2. The highest BCUT2D eigenvalue weighted by atomic mass is 15.1. The van der Waals surface area contributed by atoms with Crippen LogP contribution >= 0.6 is 0 Å². The molecule has 0 radical (unpaired) electrons. The van der Waals surface area contributed by atoms with E-state index in [1.165, 1.54) is 169 Å². The molecule has 89 heavy (non-hydrogen) atoms. The van der Waals surface area contributed by atoms with Gasteiger partial charge in [-0.05, 0) is 197 Å². The van der Waals surface area contributed by atoms with E-state index in [1.54, 1.807) is 0 Å². The first-order chi connectivity index (χ1) is 44.0. The number of hydrogen-bond acceptors (Lipinski definition) is 2. The van der Waals surface area contributed by atoms with Crippen molar-refractivity contribution in [3.8, 4) is 55.6 Å². The molecule has 0 unspecified atom stereocenters. The van der Waals surface area contributed by atoms with Gasteiger partial charge in [0.25, 0.3) is 0 Å². The van der Waals surface area contributed by atoms with Crippen molar-refractivity contribution in [2.75, 3.05) is 9.80 Å². The summed E-state index contributed by atoms with van der Waals surface area (Å²) in [7, 11) is 0. The Kier molecular flexibility index (Phi) is 16.6. The van der Waals surface area contributed by atoms with E-state index in [1.807, 2.05) is 0 Å².